The van der Waals surface area contributed by atoms with Crippen molar-refractivity contribution >= 4 is 23.0 Å². The molecule has 0 radical (unpaired) electrons. The summed E-state index contributed by atoms with van der Waals surface area (Å²) in [4.78, 5) is 12.6. The predicted molar refractivity (Wildman–Crippen MR) is 105 cm³/mol. The Morgan fingerprint density at radius 2 is 1.81 bits per heavy atom. The number of anilines is 3. The summed E-state index contributed by atoms with van der Waals surface area (Å²) in [7, 11) is 1.60. The standard InChI is InChI=1S/C21H22N4O2/c1-4-21(5-2)14-9-16-17(10-15(14)25-20(21)26)24-19(23-16)13-7-6-12(11-22)8-18(13)27-3/h6-10,19,23-24H,4-5H2,1-3H3,(H,25,26). The highest BCUT2D eigenvalue weighted by Crippen LogP contribution is 2.49. The normalized spacial score (nSPS) is 18.6. The lowest BCUT2D eigenvalue weighted by molar-refractivity contribution is -0.121. The summed E-state index contributed by atoms with van der Waals surface area (Å²) < 4.78 is 5.47. The molecular weight excluding hydrogens is 340 g/mol. The number of nitrogens with zero attached hydrogens (tertiary/aromatic N) is 1. The Kier molecular flexibility index (Phi) is 3.96. The third-order valence-electron chi connectivity index (χ3n) is 5.84. The van der Waals surface area contributed by atoms with Crippen molar-refractivity contribution in [2.45, 2.75) is 38.3 Å². The van der Waals surface area contributed by atoms with Crippen LogP contribution >= 0.6 is 0 Å². The van der Waals surface area contributed by atoms with E-state index in [1.54, 1.807) is 19.2 Å². The van der Waals surface area contributed by atoms with Crippen molar-refractivity contribution in [3.63, 3.8) is 0 Å². The molecule has 0 spiro atoms. The van der Waals surface area contributed by atoms with Crippen LogP contribution in [0.4, 0.5) is 17.1 Å². The van der Waals surface area contributed by atoms with Gasteiger partial charge in [0, 0.05) is 11.3 Å². The SMILES string of the molecule is CCC1(CC)C(=O)Nc2cc3c(cc21)NC(c1ccc(C#N)cc1OC)N3. The molecule has 2 aliphatic rings. The van der Waals surface area contributed by atoms with Gasteiger partial charge in [0.25, 0.3) is 0 Å². The molecule has 138 valence electrons. The van der Waals surface area contributed by atoms with E-state index in [1.165, 1.54) is 0 Å². The summed E-state index contributed by atoms with van der Waals surface area (Å²) in [6.07, 6.45) is 1.36. The van der Waals surface area contributed by atoms with Crippen LogP contribution < -0.4 is 20.7 Å². The molecule has 6 nitrogen and oxygen atoms in total. The van der Waals surface area contributed by atoms with Gasteiger partial charge in [-0.15, -0.1) is 0 Å². The number of methoxy groups -OCH3 is 1. The minimum absolute atomic E-state index is 0.0801. The van der Waals surface area contributed by atoms with Gasteiger partial charge in [-0.05, 0) is 42.7 Å². The van der Waals surface area contributed by atoms with E-state index >= 15 is 0 Å². The fourth-order valence-corrected chi connectivity index (χ4v) is 4.18. The van der Waals surface area contributed by atoms with Crippen molar-refractivity contribution in [1.29, 1.82) is 5.26 Å². The molecule has 6 heteroatoms. The molecule has 1 amide bonds. The second kappa shape index (κ2) is 6.20. The maximum absolute atomic E-state index is 12.6. The van der Waals surface area contributed by atoms with Crippen LogP contribution in [0, 0.1) is 11.3 Å². The van der Waals surface area contributed by atoms with Crippen LogP contribution in [-0.4, -0.2) is 13.0 Å². The predicted octanol–water partition coefficient (Wildman–Crippen LogP) is 4.11. The molecule has 2 aromatic rings. The number of hydrogen-bond donors (Lipinski definition) is 3. The first-order valence-corrected chi connectivity index (χ1v) is 9.17. The number of carbonyl (C=O) groups excluding carboxylic acids is 1. The first-order valence-electron chi connectivity index (χ1n) is 9.17. The zero-order valence-electron chi connectivity index (χ0n) is 15.6. The van der Waals surface area contributed by atoms with E-state index in [0.717, 1.165) is 41.0 Å². The van der Waals surface area contributed by atoms with E-state index in [1.807, 2.05) is 12.1 Å². The molecule has 0 aromatic heterocycles. The average molecular weight is 362 g/mol. The third kappa shape index (κ3) is 2.42. The van der Waals surface area contributed by atoms with E-state index in [2.05, 4.69) is 41.9 Å². The van der Waals surface area contributed by atoms with Gasteiger partial charge in [0.15, 0.2) is 0 Å². The average Bonchev–Trinajstić information content (AvgIpc) is 3.22. The number of fused-ring (bicyclic) bond motifs is 2. The van der Waals surface area contributed by atoms with Gasteiger partial charge in [0.05, 0.1) is 35.5 Å². The zero-order valence-corrected chi connectivity index (χ0v) is 15.6. The van der Waals surface area contributed by atoms with Crippen molar-refractivity contribution in [1.82, 2.24) is 0 Å². The molecule has 0 saturated heterocycles. The Labute approximate surface area is 158 Å². The molecule has 0 aliphatic carbocycles. The largest absolute Gasteiger partial charge is 0.496 e. The fourth-order valence-electron chi connectivity index (χ4n) is 4.18. The molecule has 3 N–H and O–H groups in total. The number of benzene rings is 2. The maximum Gasteiger partial charge on any atom is 0.235 e. The van der Waals surface area contributed by atoms with Crippen molar-refractivity contribution in [2.75, 3.05) is 23.1 Å². The zero-order chi connectivity index (χ0) is 19.2. The van der Waals surface area contributed by atoms with E-state index in [4.69, 9.17) is 10.00 Å². The molecular formula is C21H22N4O2. The van der Waals surface area contributed by atoms with E-state index in [0.29, 0.717) is 11.3 Å². The highest BCUT2D eigenvalue weighted by atomic mass is 16.5. The van der Waals surface area contributed by atoms with E-state index in [-0.39, 0.29) is 12.1 Å². The van der Waals surface area contributed by atoms with Crippen molar-refractivity contribution in [2.24, 2.45) is 0 Å². The summed E-state index contributed by atoms with van der Waals surface area (Å²) in [5, 5.41) is 19.1. The summed E-state index contributed by atoms with van der Waals surface area (Å²) in [5.74, 6) is 0.737. The van der Waals surface area contributed by atoms with Crippen LogP contribution in [0.25, 0.3) is 0 Å². The third-order valence-corrected chi connectivity index (χ3v) is 5.84. The lowest BCUT2D eigenvalue weighted by Gasteiger charge is -2.24. The molecule has 27 heavy (non-hydrogen) atoms. The van der Waals surface area contributed by atoms with Crippen molar-refractivity contribution in [3.8, 4) is 11.8 Å². The number of carbonyl (C=O) groups is 1. The number of rotatable bonds is 4. The first-order chi connectivity index (χ1) is 13.1. The van der Waals surface area contributed by atoms with Gasteiger partial charge in [-0.3, -0.25) is 4.79 Å². The van der Waals surface area contributed by atoms with Crippen LogP contribution in [0.5, 0.6) is 5.75 Å². The molecule has 0 fully saturated rings. The summed E-state index contributed by atoms with van der Waals surface area (Å²) in [6.45, 7) is 4.11. The van der Waals surface area contributed by atoms with Gasteiger partial charge < -0.3 is 20.7 Å². The number of amides is 1. The second-order valence-corrected chi connectivity index (χ2v) is 6.98. The highest BCUT2D eigenvalue weighted by molar-refractivity contribution is 6.07. The molecule has 4 rings (SSSR count). The lowest BCUT2D eigenvalue weighted by Crippen LogP contribution is -2.32. The van der Waals surface area contributed by atoms with Crippen molar-refractivity contribution < 1.29 is 9.53 Å². The van der Waals surface area contributed by atoms with Crippen LogP contribution in [0.2, 0.25) is 0 Å². The molecule has 0 bridgehead atoms. The van der Waals surface area contributed by atoms with Crippen LogP contribution in [0.1, 0.15) is 49.5 Å². The summed E-state index contributed by atoms with van der Waals surface area (Å²) >= 11 is 0. The summed E-state index contributed by atoms with van der Waals surface area (Å²) in [6, 6.07) is 11.6. The monoisotopic (exact) mass is 362 g/mol. The van der Waals surface area contributed by atoms with Gasteiger partial charge in [-0.1, -0.05) is 19.9 Å². The van der Waals surface area contributed by atoms with Gasteiger partial charge in [0.2, 0.25) is 5.91 Å². The molecule has 1 atom stereocenters. The Bertz CT molecular complexity index is 973. The fraction of sp³-hybridized carbons (Fsp3) is 0.333. The quantitative estimate of drug-likeness (QED) is 0.762. The first kappa shape index (κ1) is 17.2. The molecule has 1 unspecified atom stereocenters. The molecule has 2 aliphatic heterocycles. The van der Waals surface area contributed by atoms with Crippen LogP contribution in [-0.2, 0) is 10.2 Å². The Morgan fingerprint density at radius 3 is 2.44 bits per heavy atom. The number of nitriles is 1. The second-order valence-electron chi connectivity index (χ2n) is 6.98. The van der Waals surface area contributed by atoms with Crippen LogP contribution in [0.3, 0.4) is 0 Å². The van der Waals surface area contributed by atoms with Gasteiger partial charge in [-0.2, -0.15) is 5.26 Å². The summed E-state index contributed by atoms with van der Waals surface area (Å²) in [5.41, 5.74) is 4.86. The smallest absolute Gasteiger partial charge is 0.235 e. The minimum Gasteiger partial charge on any atom is -0.496 e. The number of ether oxygens (including phenoxy) is 1. The van der Waals surface area contributed by atoms with Gasteiger partial charge in [0.1, 0.15) is 11.9 Å². The Hall–Kier alpha value is -3.20. The van der Waals surface area contributed by atoms with Crippen LogP contribution in [0.15, 0.2) is 30.3 Å². The van der Waals surface area contributed by atoms with Gasteiger partial charge >= 0.3 is 0 Å². The lowest BCUT2D eigenvalue weighted by atomic mass is 9.77. The number of nitrogens with one attached hydrogen (secondary N) is 3. The van der Waals surface area contributed by atoms with E-state index in [9.17, 15) is 4.79 Å². The Morgan fingerprint density at radius 1 is 1.11 bits per heavy atom. The van der Waals surface area contributed by atoms with Crippen molar-refractivity contribution in [3.05, 3.63) is 47.0 Å². The topological polar surface area (TPSA) is 86.2 Å². The van der Waals surface area contributed by atoms with Gasteiger partial charge in [-0.25, -0.2) is 0 Å². The Balaban J connectivity index is 1.71. The minimum atomic E-state index is -0.462. The number of hydrogen-bond acceptors (Lipinski definition) is 5. The van der Waals surface area contributed by atoms with E-state index < -0.39 is 5.41 Å². The molecule has 0 saturated carbocycles. The highest BCUT2D eigenvalue weighted by Gasteiger charge is 2.45. The molecule has 2 aromatic carbocycles. The maximum atomic E-state index is 12.6. The molecule has 2 heterocycles.